The number of nitrogens with one attached hydrogen (secondary N) is 2. The molecule has 3 rings (SSSR count). The van der Waals surface area contributed by atoms with E-state index in [0.29, 0.717) is 22.7 Å². The number of aromatic nitrogens is 3. The maximum Gasteiger partial charge on any atom is 0.246 e. The maximum absolute atomic E-state index is 12.2. The molecule has 33 heavy (non-hydrogen) atoms. The van der Waals surface area contributed by atoms with Crippen LogP contribution < -0.4 is 15.4 Å². The van der Waals surface area contributed by atoms with Crippen LogP contribution in [-0.4, -0.2) is 57.9 Å². The summed E-state index contributed by atoms with van der Waals surface area (Å²) < 4.78 is 5.68. The molecular weight excluding hydrogens is 440 g/mol. The molecular formula is C23H26N6O3S. The molecule has 2 aromatic heterocycles. The van der Waals surface area contributed by atoms with E-state index >= 15 is 0 Å². The van der Waals surface area contributed by atoms with Crippen LogP contribution in [0.5, 0.6) is 5.88 Å². The van der Waals surface area contributed by atoms with Gasteiger partial charge in [0.2, 0.25) is 17.7 Å². The first-order valence-corrected chi connectivity index (χ1v) is 11.1. The highest BCUT2D eigenvalue weighted by Crippen LogP contribution is 2.30. The molecule has 0 aliphatic heterocycles. The zero-order valence-electron chi connectivity index (χ0n) is 18.7. The van der Waals surface area contributed by atoms with Gasteiger partial charge in [-0.15, -0.1) is 0 Å². The van der Waals surface area contributed by atoms with E-state index in [-0.39, 0.29) is 25.0 Å². The number of hydrogen-bond donors (Lipinski definition) is 2. The number of anilines is 2. The van der Waals surface area contributed by atoms with Gasteiger partial charge in [0.15, 0.2) is 5.13 Å². The summed E-state index contributed by atoms with van der Waals surface area (Å²) in [6, 6.07) is 11.1. The number of hydrogen-bond acceptors (Lipinski definition) is 8. The van der Waals surface area contributed by atoms with Crippen molar-refractivity contribution in [3.05, 3.63) is 61.1 Å². The number of carbonyl (C=O) groups excluding carboxylic acids is 2. The Morgan fingerprint density at radius 2 is 2.03 bits per heavy atom. The van der Waals surface area contributed by atoms with Crippen molar-refractivity contribution in [1.82, 2.24) is 25.2 Å². The van der Waals surface area contributed by atoms with Gasteiger partial charge in [-0.05, 0) is 25.5 Å². The molecule has 0 saturated heterocycles. The average molecular weight is 467 g/mol. The van der Waals surface area contributed by atoms with Crippen LogP contribution in [0.4, 0.5) is 10.9 Å². The minimum atomic E-state index is -0.619. The summed E-state index contributed by atoms with van der Waals surface area (Å²) in [5, 5.41) is 6.63. The largest absolute Gasteiger partial charge is 0.476 e. The van der Waals surface area contributed by atoms with Gasteiger partial charge in [-0.3, -0.25) is 9.59 Å². The van der Waals surface area contributed by atoms with E-state index in [4.69, 9.17) is 4.74 Å². The topological polar surface area (TPSA) is 109 Å². The zero-order chi connectivity index (χ0) is 23.8. The van der Waals surface area contributed by atoms with Crippen molar-refractivity contribution >= 4 is 34.1 Å². The Morgan fingerprint density at radius 1 is 1.27 bits per heavy atom. The summed E-state index contributed by atoms with van der Waals surface area (Å²) >= 11 is 1.52. The van der Waals surface area contributed by atoms with E-state index in [2.05, 4.69) is 32.2 Å². The van der Waals surface area contributed by atoms with Gasteiger partial charge < -0.3 is 20.3 Å². The van der Waals surface area contributed by atoms with Gasteiger partial charge in [0.1, 0.15) is 24.3 Å². The van der Waals surface area contributed by atoms with E-state index in [9.17, 15) is 9.59 Å². The molecule has 172 valence electrons. The van der Waals surface area contributed by atoms with Gasteiger partial charge in [0.25, 0.3) is 0 Å². The highest BCUT2D eigenvalue weighted by atomic mass is 32.1. The number of ether oxygens (including phenoxy) is 1. The Labute approximate surface area is 196 Å². The van der Waals surface area contributed by atoms with Gasteiger partial charge >= 0.3 is 0 Å². The fraction of sp³-hybridized carbons (Fsp3) is 0.261. The number of benzene rings is 1. The Kier molecular flexibility index (Phi) is 8.09. The summed E-state index contributed by atoms with van der Waals surface area (Å²) in [6.45, 7) is 7.31. The molecule has 0 saturated carbocycles. The summed E-state index contributed by atoms with van der Waals surface area (Å²) in [5.74, 6) is 0.883. The molecule has 0 spiro atoms. The van der Waals surface area contributed by atoms with Crippen molar-refractivity contribution in [3.8, 4) is 16.3 Å². The van der Waals surface area contributed by atoms with Gasteiger partial charge in [-0.1, -0.05) is 48.2 Å². The van der Waals surface area contributed by atoms with Crippen LogP contribution in [0.2, 0.25) is 0 Å². The Hall–Kier alpha value is -3.79. The van der Waals surface area contributed by atoms with Crippen LogP contribution in [0, 0.1) is 6.92 Å². The smallest absolute Gasteiger partial charge is 0.246 e. The van der Waals surface area contributed by atoms with E-state index in [0.717, 1.165) is 10.4 Å². The number of nitrogens with zero attached hydrogens (tertiary/aromatic N) is 4. The zero-order valence-corrected chi connectivity index (χ0v) is 19.6. The predicted octanol–water partition coefficient (Wildman–Crippen LogP) is 3.18. The molecule has 2 heterocycles. The number of likely N-dealkylation sites (N-methyl/N-ethyl adjacent to an activating group) is 1. The highest BCUT2D eigenvalue weighted by molar-refractivity contribution is 7.18. The first kappa shape index (κ1) is 23.9. The number of carbonyl (C=O) groups is 2. The number of amides is 2. The van der Waals surface area contributed by atoms with Gasteiger partial charge in [0, 0.05) is 19.3 Å². The summed E-state index contributed by atoms with van der Waals surface area (Å²) in [6.07, 6.45) is 2.99. The van der Waals surface area contributed by atoms with Crippen LogP contribution in [-0.2, 0) is 9.59 Å². The second kappa shape index (κ2) is 11.2. The molecule has 1 atom stereocenters. The molecule has 1 aromatic carbocycles. The summed E-state index contributed by atoms with van der Waals surface area (Å²) in [7, 11) is 1.55. The highest BCUT2D eigenvalue weighted by Gasteiger charge is 2.20. The summed E-state index contributed by atoms with van der Waals surface area (Å²) in [4.78, 5) is 39.3. The third-order valence-corrected chi connectivity index (χ3v) is 5.71. The normalized spacial score (nSPS) is 11.4. The summed E-state index contributed by atoms with van der Waals surface area (Å²) in [5.41, 5.74) is 1.10. The van der Waals surface area contributed by atoms with Crippen molar-refractivity contribution in [2.24, 2.45) is 0 Å². The minimum Gasteiger partial charge on any atom is -0.476 e. The van der Waals surface area contributed by atoms with Crippen molar-refractivity contribution in [3.63, 3.8) is 0 Å². The molecule has 10 heteroatoms. The second-order valence-corrected chi connectivity index (χ2v) is 8.16. The molecule has 0 bridgehead atoms. The lowest BCUT2D eigenvalue weighted by atomic mass is 10.2. The van der Waals surface area contributed by atoms with Crippen LogP contribution >= 0.6 is 11.3 Å². The Bertz CT molecular complexity index is 1120. The average Bonchev–Trinajstić information content (AvgIpc) is 3.28. The van der Waals surface area contributed by atoms with E-state index < -0.39 is 6.04 Å². The van der Waals surface area contributed by atoms with Crippen LogP contribution in [0.15, 0.2) is 55.3 Å². The van der Waals surface area contributed by atoms with Gasteiger partial charge in [0.05, 0.1) is 11.4 Å². The maximum atomic E-state index is 12.2. The molecule has 2 N–H and O–H groups in total. The molecule has 9 nitrogen and oxygen atoms in total. The fourth-order valence-corrected chi connectivity index (χ4v) is 3.67. The lowest BCUT2D eigenvalue weighted by molar-refractivity contribution is -0.135. The monoisotopic (exact) mass is 466 g/mol. The van der Waals surface area contributed by atoms with E-state index in [1.54, 1.807) is 27.0 Å². The van der Waals surface area contributed by atoms with Crippen molar-refractivity contribution < 1.29 is 14.3 Å². The quantitative estimate of drug-likeness (QED) is 0.349. The van der Waals surface area contributed by atoms with Gasteiger partial charge in [-0.25, -0.2) is 9.97 Å². The van der Waals surface area contributed by atoms with Crippen molar-refractivity contribution in [1.29, 1.82) is 0 Å². The molecule has 0 fully saturated rings. The standard InChI is InChI=1S/C23H26N6O3S/c1-5-21(30)29(4)15(2)22(31)24-11-12-32-20-13-19(26-16(3)27-20)28-23-25-14-18(33-23)17-9-7-6-8-10-17/h5-10,13-15H,1,11-12H2,2-4H3,(H,24,31)(H,25,26,27,28)/t15-/m0/s1. The van der Waals surface area contributed by atoms with Crippen LogP contribution in [0.1, 0.15) is 12.7 Å². The number of aryl methyl sites for hydroxylation is 1. The Balaban J connectivity index is 1.53. The van der Waals surface area contributed by atoms with Crippen molar-refractivity contribution in [2.45, 2.75) is 19.9 Å². The molecule has 2 amide bonds. The number of rotatable bonds is 10. The SMILES string of the molecule is C=CC(=O)N(C)[C@@H](C)C(=O)NCCOc1cc(Nc2ncc(-c3ccccc3)s2)nc(C)n1. The molecule has 0 aliphatic carbocycles. The lowest BCUT2D eigenvalue weighted by Crippen LogP contribution is -2.46. The van der Waals surface area contributed by atoms with E-state index in [1.165, 1.54) is 22.3 Å². The third kappa shape index (κ3) is 6.59. The molecule has 0 radical (unpaired) electrons. The third-order valence-electron chi connectivity index (χ3n) is 4.75. The second-order valence-electron chi connectivity index (χ2n) is 7.13. The van der Waals surface area contributed by atoms with Gasteiger partial charge in [-0.2, -0.15) is 4.98 Å². The fourth-order valence-electron chi connectivity index (χ4n) is 2.84. The van der Waals surface area contributed by atoms with Crippen LogP contribution in [0.3, 0.4) is 0 Å². The van der Waals surface area contributed by atoms with Crippen molar-refractivity contribution in [2.75, 3.05) is 25.5 Å². The van der Waals surface area contributed by atoms with Crippen LogP contribution in [0.25, 0.3) is 10.4 Å². The van der Waals surface area contributed by atoms with E-state index in [1.807, 2.05) is 36.5 Å². The minimum absolute atomic E-state index is 0.211. The number of thiazole rings is 1. The molecule has 3 aromatic rings. The first-order chi connectivity index (χ1) is 15.9. The molecule has 0 aliphatic rings. The predicted molar refractivity (Wildman–Crippen MR) is 129 cm³/mol. The first-order valence-electron chi connectivity index (χ1n) is 10.3. The lowest BCUT2D eigenvalue weighted by Gasteiger charge is -2.22. The molecule has 0 unspecified atom stereocenters. The Morgan fingerprint density at radius 3 is 2.76 bits per heavy atom.